The first-order valence-electron chi connectivity index (χ1n) is 6.29. The molecule has 0 saturated carbocycles. The van der Waals surface area contributed by atoms with Gasteiger partial charge in [0, 0.05) is 25.5 Å². The first-order valence-corrected chi connectivity index (χ1v) is 6.29. The van der Waals surface area contributed by atoms with Gasteiger partial charge in [-0.3, -0.25) is 9.78 Å². The van der Waals surface area contributed by atoms with Gasteiger partial charge in [0.2, 0.25) is 5.91 Å². The predicted octanol–water partition coefficient (Wildman–Crippen LogP) is 0.0294. The van der Waals surface area contributed by atoms with Crippen LogP contribution in [0.25, 0.3) is 0 Å². The number of carbonyl (C=O) groups is 1. The maximum atomic E-state index is 12.4. The molecule has 0 bridgehead atoms. The number of pyridine rings is 1. The number of rotatable bonds is 5. The molecule has 1 aliphatic rings. The third-order valence-corrected chi connectivity index (χ3v) is 3.20. The lowest BCUT2D eigenvalue weighted by atomic mass is 9.74. The molecule has 1 fully saturated rings. The van der Waals surface area contributed by atoms with Crippen LogP contribution in [0.4, 0.5) is 0 Å². The van der Waals surface area contributed by atoms with Crippen LogP contribution in [0.5, 0.6) is 0 Å². The third-order valence-electron chi connectivity index (χ3n) is 3.20. The highest BCUT2D eigenvalue weighted by Crippen LogP contribution is 2.20. The number of nitrogens with two attached hydrogens (primary N) is 1. The molecule has 2 heterocycles. The molecule has 1 saturated heterocycles. The molecule has 96 valence electrons. The van der Waals surface area contributed by atoms with Crippen LogP contribution in [0.3, 0.4) is 0 Å². The highest BCUT2D eigenvalue weighted by molar-refractivity contribution is 6.37. The van der Waals surface area contributed by atoms with Gasteiger partial charge in [-0.15, -0.1) is 0 Å². The van der Waals surface area contributed by atoms with Crippen molar-refractivity contribution in [3.63, 3.8) is 0 Å². The van der Waals surface area contributed by atoms with Gasteiger partial charge in [0.25, 0.3) is 7.48 Å². The van der Waals surface area contributed by atoms with Crippen LogP contribution in [-0.2, 0) is 9.45 Å². The minimum atomic E-state index is -0.291. The Hall–Kier alpha value is -1.40. The van der Waals surface area contributed by atoms with Gasteiger partial charge < -0.3 is 15.3 Å². The molecule has 0 aliphatic carbocycles. The van der Waals surface area contributed by atoms with E-state index in [0.717, 1.165) is 31.5 Å². The summed E-state index contributed by atoms with van der Waals surface area (Å²) in [4.78, 5) is 18.4. The maximum absolute atomic E-state index is 12.4. The van der Waals surface area contributed by atoms with E-state index in [4.69, 9.17) is 10.4 Å². The molecule has 6 heteroatoms. The molecule has 1 aromatic heterocycles. The number of likely N-dealkylation sites (tertiary alicyclic amines) is 1. The van der Waals surface area contributed by atoms with Crippen molar-refractivity contribution >= 4 is 13.4 Å². The average molecular weight is 247 g/mol. The predicted molar refractivity (Wildman–Crippen MR) is 70.1 cm³/mol. The van der Waals surface area contributed by atoms with Crippen LogP contribution >= 0.6 is 0 Å². The number of hydrogen-bond acceptors (Lipinski definition) is 4. The standard InChI is InChI=1S/C12H18BN3O2/c14-9-18-13-11(10-4-3-5-15-8-10)12(17)16-6-1-2-7-16/h3-5,8,11,13H,1-2,6-7,9,14H2. The highest BCUT2D eigenvalue weighted by Gasteiger charge is 2.29. The van der Waals surface area contributed by atoms with Gasteiger partial charge in [0.05, 0.1) is 12.5 Å². The van der Waals surface area contributed by atoms with Crippen molar-refractivity contribution in [2.24, 2.45) is 5.73 Å². The summed E-state index contributed by atoms with van der Waals surface area (Å²) in [5, 5.41) is 0. The Balaban J connectivity index is 2.11. The van der Waals surface area contributed by atoms with E-state index in [-0.39, 0.29) is 18.5 Å². The number of hydrogen-bond donors (Lipinski definition) is 1. The second-order valence-electron chi connectivity index (χ2n) is 4.41. The second kappa shape index (κ2) is 6.51. The van der Waals surface area contributed by atoms with E-state index in [0.29, 0.717) is 7.48 Å². The van der Waals surface area contributed by atoms with Crippen molar-refractivity contribution in [2.75, 3.05) is 19.8 Å². The van der Waals surface area contributed by atoms with E-state index in [2.05, 4.69) is 4.98 Å². The Morgan fingerprint density at radius 2 is 2.33 bits per heavy atom. The van der Waals surface area contributed by atoms with Gasteiger partial charge in [0.15, 0.2) is 0 Å². The summed E-state index contributed by atoms with van der Waals surface area (Å²) in [6.45, 7) is 1.82. The van der Waals surface area contributed by atoms with Crippen molar-refractivity contribution in [3.05, 3.63) is 30.1 Å². The molecule has 1 aromatic rings. The molecule has 1 amide bonds. The zero-order valence-electron chi connectivity index (χ0n) is 10.4. The van der Waals surface area contributed by atoms with E-state index >= 15 is 0 Å². The average Bonchev–Trinajstić information content (AvgIpc) is 2.94. The number of amides is 1. The summed E-state index contributed by atoms with van der Waals surface area (Å²) < 4.78 is 5.23. The summed E-state index contributed by atoms with van der Waals surface area (Å²) in [5.41, 5.74) is 6.24. The fourth-order valence-corrected chi connectivity index (χ4v) is 2.24. The van der Waals surface area contributed by atoms with Gasteiger partial charge in [0.1, 0.15) is 0 Å². The van der Waals surface area contributed by atoms with Crippen LogP contribution in [-0.4, -0.2) is 43.1 Å². The Morgan fingerprint density at radius 3 is 2.94 bits per heavy atom. The Morgan fingerprint density at radius 1 is 1.56 bits per heavy atom. The molecule has 18 heavy (non-hydrogen) atoms. The first kappa shape index (κ1) is 13.0. The van der Waals surface area contributed by atoms with E-state index in [1.54, 1.807) is 12.4 Å². The topological polar surface area (TPSA) is 68.5 Å². The van der Waals surface area contributed by atoms with Crippen LogP contribution in [0.1, 0.15) is 24.2 Å². The lowest BCUT2D eigenvalue weighted by Gasteiger charge is -2.22. The molecule has 0 spiro atoms. The summed E-state index contributed by atoms with van der Waals surface area (Å²) in [7, 11) is 0.317. The smallest absolute Gasteiger partial charge is 0.293 e. The normalized spacial score (nSPS) is 16.6. The van der Waals surface area contributed by atoms with E-state index < -0.39 is 0 Å². The maximum Gasteiger partial charge on any atom is 0.293 e. The van der Waals surface area contributed by atoms with Crippen molar-refractivity contribution in [3.8, 4) is 0 Å². The minimum Gasteiger partial charge on any atom is -0.426 e. The van der Waals surface area contributed by atoms with Crippen LogP contribution < -0.4 is 5.73 Å². The SMILES string of the molecule is NCOBC(C(=O)N1CCCC1)c1cccnc1. The van der Waals surface area contributed by atoms with Crippen LogP contribution in [0.15, 0.2) is 24.5 Å². The summed E-state index contributed by atoms with van der Waals surface area (Å²) in [6, 6.07) is 3.74. The second-order valence-corrected chi connectivity index (χ2v) is 4.41. The number of aromatic nitrogens is 1. The monoisotopic (exact) mass is 247 g/mol. The minimum absolute atomic E-state index is 0.119. The molecule has 1 unspecified atom stereocenters. The van der Waals surface area contributed by atoms with Gasteiger partial charge in [-0.2, -0.15) is 0 Å². The highest BCUT2D eigenvalue weighted by atomic mass is 16.4. The van der Waals surface area contributed by atoms with E-state index in [1.165, 1.54) is 0 Å². The Kier molecular flexibility index (Phi) is 4.72. The molecular formula is C12H18BN3O2. The fraction of sp³-hybridized carbons (Fsp3) is 0.500. The fourth-order valence-electron chi connectivity index (χ4n) is 2.24. The molecule has 2 N–H and O–H groups in total. The Labute approximate surface area is 108 Å². The lowest BCUT2D eigenvalue weighted by Crippen LogP contribution is -2.36. The molecule has 2 rings (SSSR count). The van der Waals surface area contributed by atoms with Gasteiger partial charge in [-0.05, 0) is 24.5 Å². The quantitative estimate of drug-likeness (QED) is 0.588. The van der Waals surface area contributed by atoms with Crippen molar-refractivity contribution in [2.45, 2.75) is 18.7 Å². The molecule has 0 aromatic carbocycles. The van der Waals surface area contributed by atoms with Crippen LogP contribution in [0.2, 0.25) is 0 Å². The number of carbonyl (C=O) groups excluding carboxylic acids is 1. The molecule has 1 aliphatic heterocycles. The third kappa shape index (κ3) is 3.08. The largest absolute Gasteiger partial charge is 0.426 e. The zero-order valence-corrected chi connectivity index (χ0v) is 10.4. The van der Waals surface area contributed by atoms with E-state index in [1.807, 2.05) is 17.0 Å². The number of nitrogens with zero attached hydrogens (tertiary/aromatic N) is 2. The molecular weight excluding hydrogens is 229 g/mol. The molecule has 1 atom stereocenters. The summed E-state index contributed by atoms with van der Waals surface area (Å²) >= 11 is 0. The van der Waals surface area contributed by atoms with Gasteiger partial charge in [-0.25, -0.2) is 0 Å². The summed E-state index contributed by atoms with van der Waals surface area (Å²) in [6.07, 6.45) is 5.59. The van der Waals surface area contributed by atoms with Crippen molar-refractivity contribution < 1.29 is 9.45 Å². The van der Waals surface area contributed by atoms with Crippen molar-refractivity contribution in [1.82, 2.24) is 9.88 Å². The Bertz CT molecular complexity index is 382. The summed E-state index contributed by atoms with van der Waals surface area (Å²) in [5.74, 6) is -0.172. The zero-order chi connectivity index (χ0) is 12.8. The van der Waals surface area contributed by atoms with Gasteiger partial charge in [-0.1, -0.05) is 6.07 Å². The molecule has 5 nitrogen and oxygen atoms in total. The van der Waals surface area contributed by atoms with Gasteiger partial charge >= 0.3 is 0 Å². The first-order chi connectivity index (χ1) is 8.83. The molecule has 0 radical (unpaired) electrons. The lowest BCUT2D eigenvalue weighted by molar-refractivity contribution is -0.130. The van der Waals surface area contributed by atoms with Crippen molar-refractivity contribution in [1.29, 1.82) is 0 Å². The van der Waals surface area contributed by atoms with E-state index in [9.17, 15) is 4.79 Å². The van der Waals surface area contributed by atoms with Crippen LogP contribution in [0, 0.1) is 0 Å².